The summed E-state index contributed by atoms with van der Waals surface area (Å²) in [5.74, 6) is 0. The first-order chi connectivity index (χ1) is 16.5. The van der Waals surface area contributed by atoms with E-state index in [4.69, 9.17) is 21.6 Å². The topological polar surface area (TPSA) is 55.1 Å². The summed E-state index contributed by atoms with van der Waals surface area (Å²) >= 11 is 6.21. The molecule has 0 amide bonds. The first-order valence-corrected chi connectivity index (χ1v) is 11.9. The molecule has 0 unspecified atom stereocenters. The van der Waals surface area contributed by atoms with Crippen LogP contribution in [-0.2, 0) is 0 Å². The van der Waals surface area contributed by atoms with Crippen molar-refractivity contribution in [3.63, 3.8) is 0 Å². The normalized spacial score (nSPS) is 14.1. The Hall–Kier alpha value is -3.70. The van der Waals surface area contributed by atoms with Gasteiger partial charge in [-0.15, -0.1) is 0 Å². The summed E-state index contributed by atoms with van der Waals surface area (Å²) in [5, 5.41) is 5.18. The number of anilines is 2. The molecule has 1 saturated carbocycles. The molecule has 1 N–H and O–H groups in total. The van der Waals surface area contributed by atoms with Crippen molar-refractivity contribution in [3.05, 3.63) is 94.6 Å². The van der Waals surface area contributed by atoms with Gasteiger partial charge < -0.3 is 9.88 Å². The lowest BCUT2D eigenvalue weighted by Crippen LogP contribution is -2.15. The fraction of sp³-hybridized carbons (Fsp3) is 0.179. The van der Waals surface area contributed by atoms with E-state index in [0.717, 1.165) is 63.4 Å². The monoisotopic (exact) mass is 465 g/mol. The van der Waals surface area contributed by atoms with Crippen LogP contribution in [0.15, 0.2) is 77.9 Å². The number of hydrogen-bond donors (Lipinski definition) is 1. The molecule has 6 rings (SSSR count). The lowest BCUT2D eigenvalue weighted by atomic mass is 10.1. The number of rotatable bonds is 4. The Morgan fingerprint density at radius 2 is 1.79 bits per heavy atom. The number of aryl methyl sites for hydroxylation is 2. The van der Waals surface area contributed by atoms with Crippen molar-refractivity contribution in [3.8, 4) is 17.1 Å². The van der Waals surface area contributed by atoms with Crippen LogP contribution in [0.1, 0.15) is 24.1 Å². The molecule has 0 radical (unpaired) electrons. The molecule has 1 aromatic heterocycles. The maximum atomic E-state index is 6.21. The van der Waals surface area contributed by atoms with E-state index < -0.39 is 0 Å². The van der Waals surface area contributed by atoms with Crippen LogP contribution >= 0.6 is 11.6 Å². The van der Waals surface area contributed by atoms with Crippen molar-refractivity contribution >= 4 is 34.0 Å². The second kappa shape index (κ2) is 8.26. The van der Waals surface area contributed by atoms with Crippen LogP contribution in [0.4, 0.5) is 11.4 Å². The molecule has 2 aromatic carbocycles. The molecule has 168 valence electrons. The Bertz CT molecular complexity index is 1550. The molecular weight excluding hydrogens is 442 g/mol. The van der Waals surface area contributed by atoms with Gasteiger partial charge in [-0.05, 0) is 92.9 Å². The smallest absolute Gasteiger partial charge is 0.0900 e. The summed E-state index contributed by atoms with van der Waals surface area (Å²) in [7, 11) is 0. The Kier molecular flexibility index (Phi) is 5.07. The molecule has 0 spiro atoms. The van der Waals surface area contributed by atoms with Gasteiger partial charge in [-0.1, -0.05) is 17.7 Å². The van der Waals surface area contributed by atoms with Gasteiger partial charge in [0, 0.05) is 16.4 Å². The third-order valence-electron chi connectivity index (χ3n) is 6.09. The molecule has 0 saturated heterocycles. The van der Waals surface area contributed by atoms with Crippen LogP contribution in [0.5, 0.6) is 0 Å². The van der Waals surface area contributed by atoms with Crippen LogP contribution in [0, 0.1) is 13.8 Å². The quantitative estimate of drug-likeness (QED) is 0.304. The first kappa shape index (κ1) is 20.9. The number of halogens is 1. The summed E-state index contributed by atoms with van der Waals surface area (Å²) in [4.78, 5) is 14.5. The maximum Gasteiger partial charge on any atom is 0.0900 e. The predicted octanol–water partition coefficient (Wildman–Crippen LogP) is 6.60. The minimum Gasteiger partial charge on any atom is -0.352 e. The summed E-state index contributed by atoms with van der Waals surface area (Å²) in [5.41, 5.74) is 8.96. The zero-order chi connectivity index (χ0) is 23.2. The SMILES string of the molecule is Cc1ccc2nc3cc(Nc4ccc(C)nc4)c(=NC4CC4)cc-3n(-c3ccc(Cl)cc3)c2c1. The van der Waals surface area contributed by atoms with Crippen molar-refractivity contribution in [2.45, 2.75) is 32.7 Å². The van der Waals surface area contributed by atoms with E-state index in [1.54, 1.807) is 0 Å². The fourth-order valence-corrected chi connectivity index (χ4v) is 4.30. The van der Waals surface area contributed by atoms with Gasteiger partial charge in [-0.3, -0.25) is 9.98 Å². The highest BCUT2D eigenvalue weighted by Gasteiger charge is 2.22. The molecule has 5 nitrogen and oxygen atoms in total. The van der Waals surface area contributed by atoms with E-state index >= 15 is 0 Å². The van der Waals surface area contributed by atoms with E-state index in [-0.39, 0.29) is 0 Å². The molecular formula is C28H24ClN5. The Morgan fingerprint density at radius 1 is 0.971 bits per heavy atom. The van der Waals surface area contributed by atoms with Gasteiger partial charge in [0.1, 0.15) is 0 Å². The largest absolute Gasteiger partial charge is 0.352 e. The average Bonchev–Trinajstić information content (AvgIpc) is 3.65. The van der Waals surface area contributed by atoms with E-state index in [0.29, 0.717) is 11.1 Å². The van der Waals surface area contributed by atoms with Gasteiger partial charge in [0.25, 0.3) is 0 Å². The lowest BCUT2D eigenvalue weighted by Gasteiger charge is -2.20. The zero-order valence-electron chi connectivity index (χ0n) is 19.1. The zero-order valence-corrected chi connectivity index (χ0v) is 19.8. The highest BCUT2D eigenvalue weighted by atomic mass is 35.5. The number of hydrogen-bond acceptors (Lipinski definition) is 4. The van der Waals surface area contributed by atoms with Crippen molar-refractivity contribution in [1.82, 2.24) is 14.5 Å². The predicted molar refractivity (Wildman–Crippen MR) is 138 cm³/mol. The van der Waals surface area contributed by atoms with Gasteiger partial charge in [0.05, 0.1) is 51.4 Å². The van der Waals surface area contributed by atoms with Gasteiger partial charge in [-0.2, -0.15) is 0 Å². The Balaban J connectivity index is 1.63. The maximum absolute atomic E-state index is 6.21. The fourth-order valence-electron chi connectivity index (χ4n) is 4.17. The van der Waals surface area contributed by atoms with Gasteiger partial charge >= 0.3 is 0 Å². The number of aromatic nitrogens is 3. The summed E-state index contributed by atoms with van der Waals surface area (Å²) in [6, 6.07) is 23.0. The minimum absolute atomic E-state index is 0.383. The average molecular weight is 466 g/mol. The number of pyridine rings is 1. The second-order valence-electron chi connectivity index (χ2n) is 8.95. The van der Waals surface area contributed by atoms with E-state index in [2.05, 4.69) is 52.1 Å². The number of fused-ring (bicyclic) bond motifs is 2. The summed E-state index contributed by atoms with van der Waals surface area (Å²) in [6.45, 7) is 4.09. The summed E-state index contributed by atoms with van der Waals surface area (Å²) < 4.78 is 2.25. The Morgan fingerprint density at radius 3 is 2.53 bits per heavy atom. The molecule has 34 heavy (non-hydrogen) atoms. The van der Waals surface area contributed by atoms with E-state index in [9.17, 15) is 0 Å². The summed E-state index contributed by atoms with van der Waals surface area (Å²) in [6.07, 6.45) is 4.12. The van der Waals surface area contributed by atoms with Crippen molar-refractivity contribution in [2.24, 2.45) is 4.99 Å². The molecule has 2 heterocycles. The third kappa shape index (κ3) is 4.03. The van der Waals surface area contributed by atoms with Crippen molar-refractivity contribution in [1.29, 1.82) is 0 Å². The number of nitrogens with one attached hydrogen (secondary N) is 1. The van der Waals surface area contributed by atoms with Gasteiger partial charge in [0.15, 0.2) is 0 Å². The molecule has 0 atom stereocenters. The molecule has 6 heteroatoms. The standard InChI is InChI=1S/C28H24ClN5/c1-17-3-12-23-27(13-17)34(22-10-5-19(29)6-11-22)28-15-25(31-20-8-9-20)24(14-26(28)33-23)32-21-7-4-18(2)30-16-21/h3-7,10-16,20,32H,8-9H2,1-2H3. The van der Waals surface area contributed by atoms with E-state index in [1.807, 2.05) is 49.5 Å². The second-order valence-corrected chi connectivity index (χ2v) is 9.38. The highest BCUT2D eigenvalue weighted by Crippen LogP contribution is 2.32. The van der Waals surface area contributed by atoms with Crippen LogP contribution in [0.3, 0.4) is 0 Å². The van der Waals surface area contributed by atoms with Gasteiger partial charge in [0.2, 0.25) is 0 Å². The minimum atomic E-state index is 0.383. The molecule has 3 aliphatic rings. The number of benzene rings is 3. The molecule has 1 aliphatic heterocycles. The third-order valence-corrected chi connectivity index (χ3v) is 6.34. The Labute approximate surface area is 203 Å². The van der Waals surface area contributed by atoms with Gasteiger partial charge in [-0.25, -0.2) is 4.98 Å². The van der Waals surface area contributed by atoms with E-state index in [1.165, 1.54) is 5.56 Å². The van der Waals surface area contributed by atoms with Crippen LogP contribution in [-0.4, -0.2) is 20.6 Å². The molecule has 3 aromatic rings. The lowest BCUT2D eigenvalue weighted by molar-refractivity contribution is 0.997. The van der Waals surface area contributed by atoms with Crippen LogP contribution in [0.2, 0.25) is 5.02 Å². The van der Waals surface area contributed by atoms with Crippen molar-refractivity contribution < 1.29 is 0 Å². The molecule has 0 bridgehead atoms. The van der Waals surface area contributed by atoms with Crippen LogP contribution < -0.4 is 10.7 Å². The van der Waals surface area contributed by atoms with Crippen LogP contribution in [0.25, 0.3) is 28.1 Å². The number of nitrogens with zero attached hydrogens (tertiary/aromatic N) is 4. The first-order valence-electron chi connectivity index (χ1n) is 11.5. The molecule has 2 aliphatic carbocycles. The highest BCUT2D eigenvalue weighted by molar-refractivity contribution is 6.30. The molecule has 1 fully saturated rings. The van der Waals surface area contributed by atoms with Crippen molar-refractivity contribution in [2.75, 3.05) is 5.32 Å².